The summed E-state index contributed by atoms with van der Waals surface area (Å²) in [6, 6.07) is 9.47. The van der Waals surface area contributed by atoms with E-state index < -0.39 is 32.5 Å². The number of hydrogen-bond donors (Lipinski definition) is 1. The molecule has 2 aliphatic rings. The number of aliphatic imine (C=N–C) groups is 2. The Morgan fingerprint density at radius 1 is 1.15 bits per heavy atom. The summed E-state index contributed by atoms with van der Waals surface area (Å²) in [6.07, 6.45) is 2.15. The maximum Gasteiger partial charge on any atom is 0.416 e. The molecule has 1 N–H and O–H groups in total. The predicted molar refractivity (Wildman–Crippen MR) is 149 cm³/mol. The van der Waals surface area contributed by atoms with E-state index in [1.807, 2.05) is 4.90 Å². The number of rotatable bonds is 10. The van der Waals surface area contributed by atoms with Crippen LogP contribution in [-0.2, 0) is 22.6 Å². The zero-order chi connectivity index (χ0) is 29.0. The van der Waals surface area contributed by atoms with Crippen molar-refractivity contribution >= 4 is 28.6 Å². The highest BCUT2D eigenvalue weighted by Crippen LogP contribution is 2.38. The Kier molecular flexibility index (Phi) is 8.99. The Labute approximate surface area is 232 Å². The van der Waals surface area contributed by atoms with Gasteiger partial charge in [-0.15, -0.1) is 0 Å². The predicted octanol–water partition coefficient (Wildman–Crippen LogP) is 5.04. The van der Waals surface area contributed by atoms with Crippen molar-refractivity contribution in [3.05, 3.63) is 71.3 Å². The van der Waals surface area contributed by atoms with Crippen molar-refractivity contribution in [2.75, 3.05) is 38.1 Å². The Hall–Kier alpha value is -3.25. The fourth-order valence-electron chi connectivity index (χ4n) is 5.38. The van der Waals surface area contributed by atoms with Crippen LogP contribution in [0.2, 0.25) is 0 Å². The zero-order valence-electron chi connectivity index (χ0n) is 22.3. The third-order valence-corrected chi connectivity index (χ3v) is 8.96. The largest absolute Gasteiger partial charge is 0.416 e. The van der Waals surface area contributed by atoms with Crippen LogP contribution >= 0.6 is 0 Å². The highest BCUT2D eigenvalue weighted by molar-refractivity contribution is 7.89. The van der Waals surface area contributed by atoms with Gasteiger partial charge in [-0.1, -0.05) is 18.2 Å². The fraction of sp³-hybridized carbons (Fsp3) is 0.429. The normalized spacial score (nSPS) is 20.9. The lowest BCUT2D eigenvalue weighted by Crippen LogP contribution is -2.63. The van der Waals surface area contributed by atoms with Crippen LogP contribution in [0, 0.1) is 5.82 Å². The number of halogens is 4. The molecule has 1 atom stereocenters. The van der Waals surface area contributed by atoms with Crippen LogP contribution in [0.25, 0.3) is 0 Å². The molecule has 2 aliphatic heterocycles. The second-order valence-electron chi connectivity index (χ2n) is 10.1. The molecule has 0 bridgehead atoms. The molecule has 0 radical (unpaired) electrons. The molecule has 40 heavy (non-hydrogen) atoms. The number of anilines is 1. The molecule has 4 rings (SSSR count). The van der Waals surface area contributed by atoms with Gasteiger partial charge in [0, 0.05) is 37.6 Å². The summed E-state index contributed by atoms with van der Waals surface area (Å²) in [5, 5.41) is 0. The van der Waals surface area contributed by atoms with Crippen molar-refractivity contribution in [3.8, 4) is 0 Å². The van der Waals surface area contributed by atoms with Crippen molar-refractivity contribution in [1.82, 2.24) is 9.62 Å². The van der Waals surface area contributed by atoms with Gasteiger partial charge in [0.15, 0.2) is 0 Å². The molecule has 0 unspecified atom stereocenters. The molecule has 2 aromatic carbocycles. The second kappa shape index (κ2) is 12.1. The lowest BCUT2D eigenvalue weighted by atomic mass is 9.80. The molecule has 2 fully saturated rings. The van der Waals surface area contributed by atoms with E-state index >= 15 is 4.39 Å². The van der Waals surface area contributed by atoms with Gasteiger partial charge in [0.1, 0.15) is 16.5 Å². The van der Waals surface area contributed by atoms with Crippen LogP contribution in [0.5, 0.6) is 0 Å². The Morgan fingerprint density at radius 3 is 2.55 bits per heavy atom. The molecule has 0 saturated carbocycles. The summed E-state index contributed by atoms with van der Waals surface area (Å²) < 4.78 is 82.7. The molecule has 12 heteroatoms. The van der Waals surface area contributed by atoms with Crippen LogP contribution in [0.4, 0.5) is 23.2 Å². The quantitative estimate of drug-likeness (QED) is 0.316. The maximum absolute atomic E-state index is 15.2. The molecule has 0 aliphatic carbocycles. The van der Waals surface area contributed by atoms with Crippen molar-refractivity contribution < 1.29 is 26.0 Å². The first-order valence-electron chi connectivity index (χ1n) is 13.1. The van der Waals surface area contributed by atoms with Crippen molar-refractivity contribution in [2.45, 2.75) is 48.7 Å². The molecule has 2 saturated heterocycles. The minimum atomic E-state index is -4.39. The summed E-state index contributed by atoms with van der Waals surface area (Å²) in [5.74, 6) is -0.994. The SMILES string of the molecule is C=N/C(=C\C=NC)NS(=O)(=O)c1ccc(N2CCC[C@@](CCc3cccc(C(F)(F)F)c3)(N3CCC3)C2)cc1F. The van der Waals surface area contributed by atoms with Gasteiger partial charge in [-0.05, 0) is 87.8 Å². The first kappa shape index (κ1) is 29.7. The Balaban J connectivity index is 1.54. The number of alkyl halides is 3. The van der Waals surface area contributed by atoms with E-state index in [1.165, 1.54) is 43.6 Å². The molecule has 2 heterocycles. The molecule has 0 aromatic heterocycles. The fourth-order valence-corrected chi connectivity index (χ4v) is 6.47. The van der Waals surface area contributed by atoms with Gasteiger partial charge in [0.25, 0.3) is 10.0 Å². The molecule has 216 valence electrons. The van der Waals surface area contributed by atoms with Crippen LogP contribution in [0.3, 0.4) is 0 Å². The molecular formula is C28H33F4N5O2S. The summed E-state index contributed by atoms with van der Waals surface area (Å²) in [7, 11) is -2.75. The molecule has 7 nitrogen and oxygen atoms in total. The van der Waals surface area contributed by atoms with E-state index in [2.05, 4.69) is 26.3 Å². The van der Waals surface area contributed by atoms with Crippen molar-refractivity contribution in [1.29, 1.82) is 0 Å². The van der Waals surface area contributed by atoms with Gasteiger partial charge in [-0.2, -0.15) is 13.2 Å². The van der Waals surface area contributed by atoms with E-state index in [1.54, 1.807) is 12.1 Å². The topological polar surface area (TPSA) is 77.4 Å². The average Bonchev–Trinajstić information content (AvgIpc) is 2.88. The van der Waals surface area contributed by atoms with E-state index in [0.29, 0.717) is 37.2 Å². The first-order valence-corrected chi connectivity index (χ1v) is 14.5. The minimum Gasteiger partial charge on any atom is -0.370 e. The average molecular weight is 580 g/mol. The second-order valence-corrected chi connectivity index (χ2v) is 11.8. The number of likely N-dealkylation sites (tertiary alicyclic amines) is 1. The van der Waals surface area contributed by atoms with Gasteiger partial charge in [0.2, 0.25) is 0 Å². The number of aryl methyl sites for hydroxylation is 1. The van der Waals surface area contributed by atoms with Crippen molar-refractivity contribution in [2.24, 2.45) is 9.98 Å². The van der Waals surface area contributed by atoms with Crippen molar-refractivity contribution in [3.63, 3.8) is 0 Å². The smallest absolute Gasteiger partial charge is 0.370 e. The highest BCUT2D eigenvalue weighted by atomic mass is 32.2. The lowest BCUT2D eigenvalue weighted by Gasteiger charge is -2.54. The van der Waals surface area contributed by atoms with Gasteiger partial charge in [-0.3, -0.25) is 14.6 Å². The summed E-state index contributed by atoms with van der Waals surface area (Å²) in [5.41, 5.74) is 0.255. The lowest BCUT2D eigenvalue weighted by molar-refractivity contribution is -0.137. The van der Waals surface area contributed by atoms with Crippen LogP contribution < -0.4 is 9.62 Å². The van der Waals surface area contributed by atoms with E-state index in [9.17, 15) is 21.6 Å². The summed E-state index contributed by atoms with van der Waals surface area (Å²) in [6.45, 7) is 6.36. The molecule has 2 aromatic rings. The van der Waals surface area contributed by atoms with E-state index in [0.717, 1.165) is 38.4 Å². The summed E-state index contributed by atoms with van der Waals surface area (Å²) >= 11 is 0. The van der Waals surface area contributed by atoms with Gasteiger partial charge in [0.05, 0.1) is 5.56 Å². The third-order valence-electron chi connectivity index (χ3n) is 7.58. The molecular weight excluding hydrogens is 546 g/mol. The number of sulfonamides is 1. The summed E-state index contributed by atoms with van der Waals surface area (Å²) in [4.78, 5) is 11.2. The zero-order valence-corrected chi connectivity index (χ0v) is 23.1. The van der Waals surface area contributed by atoms with Gasteiger partial charge in [-0.25, -0.2) is 17.8 Å². The number of hydrogen-bond acceptors (Lipinski definition) is 6. The highest BCUT2D eigenvalue weighted by Gasteiger charge is 2.43. The van der Waals surface area contributed by atoms with E-state index in [-0.39, 0.29) is 11.4 Å². The van der Waals surface area contributed by atoms with Gasteiger partial charge < -0.3 is 4.90 Å². The number of benzene rings is 2. The number of nitrogens with one attached hydrogen (secondary N) is 1. The number of allylic oxidation sites excluding steroid dienone is 1. The molecule has 0 amide bonds. The Bertz CT molecular complexity index is 1390. The minimum absolute atomic E-state index is 0.0924. The Morgan fingerprint density at radius 2 is 1.93 bits per heavy atom. The molecule has 0 spiro atoms. The van der Waals surface area contributed by atoms with E-state index in [4.69, 9.17) is 0 Å². The van der Waals surface area contributed by atoms with Crippen LogP contribution in [0.1, 0.15) is 36.8 Å². The monoisotopic (exact) mass is 579 g/mol. The standard InChI is InChI=1S/C28H33F4N5O2S/c1-33-14-11-26(34-2)35-40(38,39)25-9-8-23(19-24(25)29)36-15-4-12-27(20-36,37-16-5-17-37)13-10-21-6-3-7-22(18-21)28(30,31)32/h3,6-9,11,14,18-19,35H,2,4-5,10,12-13,15-17,20H2,1H3/b26-11+,33-14?/t27-/m0/s1. The van der Waals surface area contributed by atoms with Crippen LogP contribution in [-0.4, -0.2) is 65.0 Å². The number of nitrogens with zero attached hydrogens (tertiary/aromatic N) is 4. The maximum atomic E-state index is 15.2. The third kappa shape index (κ3) is 6.72. The van der Waals surface area contributed by atoms with Crippen LogP contribution in [0.15, 0.2) is 69.2 Å². The number of piperidine rings is 1. The first-order chi connectivity index (χ1) is 19.0. The van der Waals surface area contributed by atoms with Gasteiger partial charge >= 0.3 is 6.18 Å².